The quantitative estimate of drug-likeness (QED) is 0.0357. The van der Waals surface area contributed by atoms with E-state index in [1.165, 1.54) is 122 Å². The Balaban J connectivity index is 4.38. The lowest BCUT2D eigenvalue weighted by Crippen LogP contribution is -2.32. The summed E-state index contributed by atoms with van der Waals surface area (Å²) in [6.45, 7) is 5.27. The molecule has 0 saturated heterocycles. The van der Waals surface area contributed by atoms with Gasteiger partial charge in [-0.15, -0.1) is 0 Å². The molecule has 0 radical (unpaired) electrons. The molecule has 0 spiro atoms. The average Bonchev–Trinajstić information content (AvgIpc) is 3.11. The SMILES string of the molecule is CCCCCCCCCCCCCCCC(=O)OCC(CO[P+]([O-])(O)OCCNC(=O)CC)OC(=O)CCCCCCCCCCCCCCC. The highest BCUT2D eigenvalue weighted by Crippen LogP contribution is 2.47. The fourth-order valence-electron chi connectivity index (χ4n) is 5.88. The Morgan fingerprint density at radius 3 is 1.37 bits per heavy atom. The van der Waals surface area contributed by atoms with Crippen LogP contribution < -0.4 is 10.2 Å². The van der Waals surface area contributed by atoms with Gasteiger partial charge in [-0.1, -0.05) is 175 Å². The lowest BCUT2D eigenvalue weighted by atomic mass is 10.0. The van der Waals surface area contributed by atoms with E-state index in [1.54, 1.807) is 6.92 Å². The van der Waals surface area contributed by atoms with Gasteiger partial charge in [0.05, 0.1) is 0 Å². The highest BCUT2D eigenvalue weighted by atomic mass is 31.2. The van der Waals surface area contributed by atoms with E-state index >= 15 is 0 Å². The summed E-state index contributed by atoms with van der Waals surface area (Å²) in [6, 6.07) is 0. The molecular formula is C40H78NO9P. The summed E-state index contributed by atoms with van der Waals surface area (Å²) < 4.78 is 20.9. The molecule has 0 fully saturated rings. The number of phosphoric acid groups is 1. The van der Waals surface area contributed by atoms with Gasteiger partial charge in [0.2, 0.25) is 5.91 Å². The normalized spacial score (nSPS) is 13.1. The molecule has 2 unspecified atom stereocenters. The van der Waals surface area contributed by atoms with E-state index in [0.717, 1.165) is 38.5 Å². The van der Waals surface area contributed by atoms with Crippen LogP contribution in [0.5, 0.6) is 0 Å². The van der Waals surface area contributed by atoms with E-state index in [0.29, 0.717) is 6.42 Å². The molecule has 0 heterocycles. The number of nitrogens with one attached hydrogen (secondary N) is 1. The molecule has 2 atom stereocenters. The van der Waals surface area contributed by atoms with Crippen molar-refractivity contribution >= 4 is 26.0 Å². The fraction of sp³-hybridized carbons (Fsp3) is 0.925. The molecule has 0 aromatic rings. The minimum atomic E-state index is -4.48. The second-order valence-electron chi connectivity index (χ2n) is 14.1. The Morgan fingerprint density at radius 1 is 0.569 bits per heavy atom. The third-order valence-corrected chi connectivity index (χ3v) is 10.1. The minimum absolute atomic E-state index is 0.0505. The first kappa shape index (κ1) is 49.7. The number of hydrogen-bond acceptors (Lipinski definition) is 9. The Morgan fingerprint density at radius 2 is 0.961 bits per heavy atom. The summed E-state index contributed by atoms with van der Waals surface area (Å²) in [4.78, 5) is 58.8. The molecule has 0 rings (SSSR count). The highest BCUT2D eigenvalue weighted by molar-refractivity contribution is 7.52. The van der Waals surface area contributed by atoms with E-state index in [9.17, 15) is 24.2 Å². The number of amides is 1. The van der Waals surface area contributed by atoms with Crippen molar-refractivity contribution in [3.05, 3.63) is 0 Å². The van der Waals surface area contributed by atoms with E-state index in [2.05, 4.69) is 19.2 Å². The monoisotopic (exact) mass is 748 g/mol. The van der Waals surface area contributed by atoms with Crippen LogP contribution in [0.2, 0.25) is 0 Å². The van der Waals surface area contributed by atoms with Crippen molar-refractivity contribution in [3.63, 3.8) is 0 Å². The van der Waals surface area contributed by atoms with Gasteiger partial charge in [-0.25, -0.2) is 0 Å². The van der Waals surface area contributed by atoms with Crippen LogP contribution in [0.25, 0.3) is 0 Å². The van der Waals surface area contributed by atoms with Crippen molar-refractivity contribution in [1.82, 2.24) is 5.32 Å². The van der Waals surface area contributed by atoms with Crippen LogP contribution in [-0.4, -0.2) is 55.2 Å². The van der Waals surface area contributed by atoms with Crippen LogP contribution in [-0.2, 0) is 32.9 Å². The molecular weight excluding hydrogens is 669 g/mol. The molecule has 2 N–H and O–H groups in total. The number of carbonyl (C=O) groups is 3. The molecule has 302 valence electrons. The number of rotatable bonds is 39. The molecule has 0 aromatic heterocycles. The summed E-state index contributed by atoms with van der Waals surface area (Å²) in [6.07, 6.45) is 31.2. The van der Waals surface area contributed by atoms with Crippen LogP contribution in [0.15, 0.2) is 0 Å². The summed E-state index contributed by atoms with van der Waals surface area (Å²) in [5, 5.41) is 2.55. The average molecular weight is 748 g/mol. The van der Waals surface area contributed by atoms with Gasteiger partial charge in [-0.2, -0.15) is 13.9 Å². The lowest BCUT2D eigenvalue weighted by molar-refractivity contribution is -0.245. The Labute approximate surface area is 312 Å². The van der Waals surface area contributed by atoms with E-state index in [1.807, 2.05) is 0 Å². The molecule has 1 amide bonds. The highest BCUT2D eigenvalue weighted by Gasteiger charge is 2.30. The molecule has 0 aliphatic carbocycles. The first-order valence-electron chi connectivity index (χ1n) is 21.0. The molecule has 51 heavy (non-hydrogen) atoms. The summed E-state index contributed by atoms with van der Waals surface area (Å²) >= 11 is 0. The maximum atomic E-state index is 12.6. The lowest BCUT2D eigenvalue weighted by Gasteiger charge is -2.23. The standard InChI is InChI=1S/C40H78NO9P/c1-4-7-9-11-13-15-17-19-21-23-25-27-29-31-39(43)47-35-37(36-49-51(45,46)48-34-33-41-38(42)6-3)50-40(44)32-30-28-26-24-22-20-18-16-14-12-10-8-5-2/h37H,4-36H2,1-3H3,(H,41,42)(H,45,46). The zero-order valence-corrected chi connectivity index (χ0v) is 34.0. The van der Waals surface area contributed by atoms with Gasteiger partial charge in [0.15, 0.2) is 6.10 Å². The number of ether oxygens (including phenoxy) is 2. The van der Waals surface area contributed by atoms with E-state index in [-0.39, 0.29) is 44.9 Å². The number of esters is 2. The summed E-state index contributed by atoms with van der Waals surface area (Å²) in [7, 11) is -4.48. The molecule has 0 bridgehead atoms. The molecule has 0 aliphatic heterocycles. The maximum absolute atomic E-state index is 12.6. The molecule has 0 aromatic carbocycles. The predicted octanol–water partition coefficient (Wildman–Crippen LogP) is 9.99. The molecule has 0 aliphatic rings. The predicted molar refractivity (Wildman–Crippen MR) is 206 cm³/mol. The Hall–Kier alpha value is -1.32. The van der Waals surface area contributed by atoms with Crippen molar-refractivity contribution in [3.8, 4) is 0 Å². The van der Waals surface area contributed by atoms with Gasteiger partial charge >= 0.3 is 20.1 Å². The van der Waals surface area contributed by atoms with Crippen LogP contribution in [0.4, 0.5) is 0 Å². The second kappa shape index (κ2) is 37.0. The third kappa shape index (κ3) is 36.8. The fourth-order valence-corrected chi connectivity index (χ4v) is 6.64. The van der Waals surface area contributed by atoms with Gasteiger partial charge in [-0.3, -0.25) is 14.4 Å². The van der Waals surface area contributed by atoms with Crippen molar-refractivity contribution in [1.29, 1.82) is 0 Å². The first-order valence-corrected chi connectivity index (χ1v) is 22.5. The smallest absolute Gasteiger partial charge is 0.377 e. The molecule has 0 saturated carbocycles. The number of carbonyl (C=O) groups excluding carboxylic acids is 3. The summed E-state index contributed by atoms with van der Waals surface area (Å²) in [5.41, 5.74) is 0. The van der Waals surface area contributed by atoms with Gasteiger partial charge in [-0.05, 0) is 12.8 Å². The number of phosphoric ester groups is 1. The van der Waals surface area contributed by atoms with Gasteiger partial charge in [0, 0.05) is 25.8 Å². The van der Waals surface area contributed by atoms with E-state index < -0.39 is 32.8 Å². The number of hydrogen-bond donors (Lipinski definition) is 2. The molecule has 10 nitrogen and oxygen atoms in total. The third-order valence-electron chi connectivity index (χ3n) is 9.12. The second-order valence-corrected chi connectivity index (χ2v) is 15.5. The van der Waals surface area contributed by atoms with Gasteiger partial charge in [0.25, 0.3) is 0 Å². The van der Waals surface area contributed by atoms with Crippen LogP contribution in [0, 0.1) is 0 Å². The van der Waals surface area contributed by atoms with Gasteiger partial charge < -0.3 is 19.7 Å². The van der Waals surface area contributed by atoms with Crippen LogP contribution in [0.3, 0.4) is 0 Å². The van der Waals surface area contributed by atoms with Crippen LogP contribution >= 0.6 is 8.17 Å². The van der Waals surface area contributed by atoms with Crippen molar-refractivity contribution in [2.24, 2.45) is 0 Å². The zero-order valence-electron chi connectivity index (χ0n) is 33.1. The first-order chi connectivity index (χ1) is 24.7. The van der Waals surface area contributed by atoms with Crippen molar-refractivity contribution < 1.29 is 42.7 Å². The topological polar surface area (TPSA) is 143 Å². The van der Waals surface area contributed by atoms with Crippen LogP contribution in [0.1, 0.15) is 207 Å². The minimum Gasteiger partial charge on any atom is -0.606 e. The number of unbranched alkanes of at least 4 members (excludes halogenated alkanes) is 24. The Kier molecular flexibility index (Phi) is 36.1. The zero-order chi connectivity index (χ0) is 37.7. The van der Waals surface area contributed by atoms with E-state index in [4.69, 9.17) is 18.5 Å². The van der Waals surface area contributed by atoms with Crippen molar-refractivity contribution in [2.75, 3.05) is 26.4 Å². The van der Waals surface area contributed by atoms with Gasteiger partial charge in [0.1, 0.15) is 19.8 Å². The largest absolute Gasteiger partial charge is 0.606 e. The Bertz CT molecular complexity index is 815. The van der Waals surface area contributed by atoms with Crippen molar-refractivity contribution in [2.45, 2.75) is 213 Å². The molecule has 11 heteroatoms. The maximum Gasteiger partial charge on any atom is 0.377 e. The summed E-state index contributed by atoms with van der Waals surface area (Å²) in [5.74, 6) is -1.07.